The molecule has 0 amide bonds. The summed E-state index contributed by atoms with van der Waals surface area (Å²) in [6, 6.07) is 18.0. The molecule has 4 heteroatoms. The van der Waals surface area contributed by atoms with Crippen LogP contribution in [0.4, 0.5) is 0 Å². The third-order valence-corrected chi connectivity index (χ3v) is 4.43. The van der Waals surface area contributed by atoms with Crippen LogP contribution < -0.4 is 0 Å². The fourth-order valence-corrected chi connectivity index (χ4v) is 3.05. The van der Waals surface area contributed by atoms with Crippen LogP contribution in [0, 0.1) is 0 Å². The summed E-state index contributed by atoms with van der Waals surface area (Å²) in [5.74, 6) is -0.187. The molecule has 4 rings (SSSR count). The van der Waals surface area contributed by atoms with E-state index in [1.165, 1.54) is 18.2 Å². The number of hydrogen-bond donors (Lipinski definition) is 2. The minimum atomic E-state index is -0.233. The van der Waals surface area contributed by atoms with Crippen molar-refractivity contribution in [3.8, 4) is 22.6 Å². The Balaban J connectivity index is 1.76. The SMILES string of the molecule is O=C1C=C(c2ccc(O)cc2)C(=O)c2ccc(-c3ccc(O)cc3)cc21. The first-order valence-corrected chi connectivity index (χ1v) is 8.06. The van der Waals surface area contributed by atoms with Crippen LogP contribution in [0.2, 0.25) is 0 Å². The largest absolute Gasteiger partial charge is 0.508 e. The van der Waals surface area contributed by atoms with Crippen LogP contribution >= 0.6 is 0 Å². The Hall–Kier alpha value is -3.66. The number of phenols is 2. The maximum atomic E-state index is 12.8. The molecular weight excluding hydrogens is 328 g/mol. The van der Waals surface area contributed by atoms with Crippen molar-refractivity contribution in [3.63, 3.8) is 0 Å². The van der Waals surface area contributed by atoms with E-state index in [0.29, 0.717) is 22.3 Å². The molecule has 0 atom stereocenters. The van der Waals surface area contributed by atoms with Gasteiger partial charge in [0.05, 0.1) is 0 Å². The van der Waals surface area contributed by atoms with Crippen LogP contribution in [0.5, 0.6) is 11.5 Å². The number of carbonyl (C=O) groups excluding carboxylic acids is 2. The topological polar surface area (TPSA) is 74.6 Å². The normalized spacial score (nSPS) is 13.3. The monoisotopic (exact) mass is 342 g/mol. The molecule has 0 saturated heterocycles. The van der Waals surface area contributed by atoms with E-state index in [1.807, 2.05) is 0 Å². The lowest BCUT2D eigenvalue weighted by Crippen LogP contribution is -2.16. The highest BCUT2D eigenvalue weighted by Crippen LogP contribution is 2.32. The minimum Gasteiger partial charge on any atom is -0.508 e. The summed E-state index contributed by atoms with van der Waals surface area (Å²) >= 11 is 0. The van der Waals surface area contributed by atoms with E-state index in [4.69, 9.17) is 0 Å². The molecular formula is C22H14O4. The van der Waals surface area contributed by atoms with Gasteiger partial charge >= 0.3 is 0 Å². The van der Waals surface area contributed by atoms with E-state index in [-0.39, 0.29) is 23.1 Å². The zero-order valence-corrected chi connectivity index (χ0v) is 13.6. The van der Waals surface area contributed by atoms with Crippen molar-refractivity contribution in [3.05, 3.63) is 89.5 Å². The molecule has 0 radical (unpaired) electrons. The van der Waals surface area contributed by atoms with E-state index in [0.717, 1.165) is 11.1 Å². The van der Waals surface area contributed by atoms with Crippen molar-refractivity contribution < 1.29 is 19.8 Å². The maximum absolute atomic E-state index is 12.8. The second-order valence-corrected chi connectivity index (χ2v) is 6.11. The van der Waals surface area contributed by atoms with Gasteiger partial charge in [0.25, 0.3) is 0 Å². The van der Waals surface area contributed by atoms with Gasteiger partial charge in [-0.3, -0.25) is 9.59 Å². The molecule has 4 nitrogen and oxygen atoms in total. The molecule has 126 valence electrons. The van der Waals surface area contributed by atoms with Crippen LogP contribution in [-0.4, -0.2) is 21.8 Å². The average molecular weight is 342 g/mol. The molecule has 0 fully saturated rings. The van der Waals surface area contributed by atoms with Crippen LogP contribution in [-0.2, 0) is 0 Å². The highest BCUT2D eigenvalue weighted by atomic mass is 16.3. The number of ketones is 2. The minimum absolute atomic E-state index is 0.0999. The fraction of sp³-hybridized carbons (Fsp3) is 0. The Morgan fingerprint density at radius 3 is 1.73 bits per heavy atom. The lowest BCUT2D eigenvalue weighted by Gasteiger charge is -2.16. The van der Waals surface area contributed by atoms with Gasteiger partial charge in [0.2, 0.25) is 0 Å². The summed E-state index contributed by atoms with van der Waals surface area (Å²) in [5.41, 5.74) is 3.28. The summed E-state index contributed by atoms with van der Waals surface area (Å²) in [6.07, 6.45) is 1.34. The van der Waals surface area contributed by atoms with E-state index in [2.05, 4.69) is 0 Å². The molecule has 3 aromatic carbocycles. The smallest absolute Gasteiger partial charge is 0.194 e. The molecule has 0 heterocycles. The quantitative estimate of drug-likeness (QED) is 0.731. The summed E-state index contributed by atoms with van der Waals surface area (Å²) < 4.78 is 0. The van der Waals surface area contributed by atoms with Gasteiger partial charge in [-0.15, -0.1) is 0 Å². The second kappa shape index (κ2) is 6.01. The molecule has 0 unspecified atom stereocenters. The zero-order chi connectivity index (χ0) is 18.3. The number of carbonyl (C=O) groups is 2. The summed E-state index contributed by atoms with van der Waals surface area (Å²) in [7, 11) is 0. The van der Waals surface area contributed by atoms with Gasteiger partial charge in [0.1, 0.15) is 11.5 Å². The van der Waals surface area contributed by atoms with Gasteiger partial charge in [-0.05, 0) is 59.2 Å². The molecule has 0 bridgehead atoms. The van der Waals surface area contributed by atoms with Gasteiger partial charge in [-0.25, -0.2) is 0 Å². The molecule has 0 saturated carbocycles. The highest BCUT2D eigenvalue weighted by molar-refractivity contribution is 6.38. The Bertz CT molecular complexity index is 1060. The molecule has 3 aromatic rings. The molecule has 2 N–H and O–H groups in total. The Morgan fingerprint density at radius 1 is 0.577 bits per heavy atom. The summed E-state index contributed by atoms with van der Waals surface area (Å²) in [4.78, 5) is 25.4. The van der Waals surface area contributed by atoms with Crippen molar-refractivity contribution in [1.29, 1.82) is 0 Å². The zero-order valence-electron chi connectivity index (χ0n) is 13.6. The summed E-state index contributed by atoms with van der Waals surface area (Å²) in [5, 5.41) is 18.8. The van der Waals surface area contributed by atoms with E-state index < -0.39 is 0 Å². The van der Waals surface area contributed by atoms with E-state index >= 15 is 0 Å². The first-order valence-electron chi connectivity index (χ1n) is 8.06. The number of rotatable bonds is 2. The molecule has 0 aliphatic heterocycles. The predicted molar refractivity (Wildman–Crippen MR) is 98.3 cm³/mol. The first kappa shape index (κ1) is 15.8. The van der Waals surface area contributed by atoms with Gasteiger partial charge in [-0.1, -0.05) is 30.3 Å². The second-order valence-electron chi connectivity index (χ2n) is 6.11. The van der Waals surface area contributed by atoms with Crippen LogP contribution in [0.3, 0.4) is 0 Å². The standard InChI is InChI=1S/C22H14O4/c23-16-6-1-13(2-7-16)15-5-10-18-20(11-15)21(25)12-19(22(18)26)14-3-8-17(24)9-4-14/h1-12,23-24H. The lowest BCUT2D eigenvalue weighted by molar-refractivity contribution is 0.100. The molecule has 0 spiro atoms. The lowest BCUT2D eigenvalue weighted by atomic mass is 9.85. The number of aromatic hydroxyl groups is 2. The number of allylic oxidation sites excluding steroid dienone is 2. The van der Waals surface area contributed by atoms with Crippen molar-refractivity contribution in [2.75, 3.05) is 0 Å². The number of phenolic OH excluding ortho intramolecular Hbond substituents is 2. The number of Topliss-reactive ketones (excluding diaryl/α,β-unsaturated/α-hetero) is 1. The average Bonchev–Trinajstić information content (AvgIpc) is 2.66. The van der Waals surface area contributed by atoms with Gasteiger partial charge in [0.15, 0.2) is 11.6 Å². The van der Waals surface area contributed by atoms with Gasteiger partial charge < -0.3 is 10.2 Å². The third kappa shape index (κ3) is 2.67. The maximum Gasteiger partial charge on any atom is 0.194 e. The van der Waals surface area contributed by atoms with Gasteiger partial charge in [-0.2, -0.15) is 0 Å². The molecule has 1 aliphatic carbocycles. The van der Waals surface area contributed by atoms with Crippen molar-refractivity contribution in [2.45, 2.75) is 0 Å². The highest BCUT2D eigenvalue weighted by Gasteiger charge is 2.26. The van der Waals surface area contributed by atoms with E-state index in [9.17, 15) is 19.8 Å². The van der Waals surface area contributed by atoms with Crippen LogP contribution in [0.1, 0.15) is 26.3 Å². The number of benzene rings is 3. The Labute approximate surface area is 149 Å². The van der Waals surface area contributed by atoms with Gasteiger partial charge in [0, 0.05) is 16.7 Å². The van der Waals surface area contributed by atoms with Crippen molar-refractivity contribution >= 4 is 17.1 Å². The van der Waals surface area contributed by atoms with Crippen LogP contribution in [0.15, 0.2) is 72.8 Å². The fourth-order valence-electron chi connectivity index (χ4n) is 3.05. The first-order chi connectivity index (χ1) is 12.5. The third-order valence-electron chi connectivity index (χ3n) is 4.43. The molecule has 26 heavy (non-hydrogen) atoms. The van der Waals surface area contributed by atoms with Crippen molar-refractivity contribution in [2.24, 2.45) is 0 Å². The number of fused-ring (bicyclic) bond motifs is 1. The Morgan fingerprint density at radius 2 is 1.12 bits per heavy atom. The number of hydrogen-bond acceptors (Lipinski definition) is 4. The molecule has 0 aromatic heterocycles. The predicted octanol–water partition coefficient (Wildman–Crippen LogP) is 4.23. The summed E-state index contributed by atoms with van der Waals surface area (Å²) in [6.45, 7) is 0. The molecule has 1 aliphatic rings. The van der Waals surface area contributed by atoms with Crippen LogP contribution in [0.25, 0.3) is 16.7 Å². The Kier molecular flexibility index (Phi) is 3.66. The van der Waals surface area contributed by atoms with Crippen molar-refractivity contribution in [1.82, 2.24) is 0 Å². The van der Waals surface area contributed by atoms with E-state index in [1.54, 1.807) is 54.6 Å².